The second-order valence-electron chi connectivity index (χ2n) is 5.41. The molecule has 0 aliphatic rings. The quantitative estimate of drug-likeness (QED) is 0.731. The number of hydrogen-bond acceptors (Lipinski definition) is 4. The van der Waals surface area contributed by atoms with E-state index in [-0.39, 0.29) is 22.8 Å². The molecule has 0 unspecified atom stereocenters. The van der Waals surface area contributed by atoms with Crippen LogP contribution < -0.4 is 15.6 Å². The van der Waals surface area contributed by atoms with E-state index in [0.29, 0.717) is 0 Å². The van der Waals surface area contributed by atoms with Gasteiger partial charge in [-0.15, -0.1) is 0 Å². The Labute approximate surface area is 150 Å². The standard InChI is InChI=1S/C17H13F3N4O3/c1-27-13-9-24(11-5-2-4-10(8-11)17(18,19)20)23-14(13)16(26)22-12-6-3-7-21-15(12)25/h2-9H,1H3,(H,21,25)(H,22,26). The summed E-state index contributed by atoms with van der Waals surface area (Å²) in [6.07, 6.45) is -1.83. The Hall–Kier alpha value is -3.56. The molecular weight excluding hydrogens is 365 g/mol. The first-order valence-electron chi connectivity index (χ1n) is 7.60. The van der Waals surface area contributed by atoms with Gasteiger partial charge in [0.2, 0.25) is 0 Å². The zero-order valence-electron chi connectivity index (χ0n) is 13.9. The summed E-state index contributed by atoms with van der Waals surface area (Å²) >= 11 is 0. The third-order valence-electron chi connectivity index (χ3n) is 3.62. The highest BCUT2D eigenvalue weighted by Gasteiger charge is 2.30. The summed E-state index contributed by atoms with van der Waals surface area (Å²) in [4.78, 5) is 26.5. The van der Waals surface area contributed by atoms with Crippen molar-refractivity contribution in [1.82, 2.24) is 14.8 Å². The Balaban J connectivity index is 1.95. The molecule has 3 aromatic rings. The average Bonchev–Trinajstić information content (AvgIpc) is 3.08. The fraction of sp³-hybridized carbons (Fsp3) is 0.118. The number of pyridine rings is 1. The van der Waals surface area contributed by atoms with Crippen molar-refractivity contribution in [3.05, 3.63) is 70.4 Å². The van der Waals surface area contributed by atoms with E-state index >= 15 is 0 Å². The smallest absolute Gasteiger partial charge is 0.416 e. The fourth-order valence-corrected chi connectivity index (χ4v) is 2.32. The number of nitrogens with zero attached hydrogens (tertiary/aromatic N) is 2. The van der Waals surface area contributed by atoms with E-state index in [1.54, 1.807) is 0 Å². The fourth-order valence-electron chi connectivity index (χ4n) is 2.32. The molecule has 0 fully saturated rings. The zero-order valence-corrected chi connectivity index (χ0v) is 13.9. The number of ether oxygens (including phenoxy) is 1. The molecule has 0 saturated carbocycles. The van der Waals surface area contributed by atoms with Gasteiger partial charge in [-0.1, -0.05) is 6.07 Å². The molecule has 0 radical (unpaired) electrons. The van der Waals surface area contributed by atoms with Crippen LogP contribution in [0, 0.1) is 0 Å². The van der Waals surface area contributed by atoms with E-state index in [0.717, 1.165) is 16.8 Å². The van der Waals surface area contributed by atoms with Crippen molar-refractivity contribution in [1.29, 1.82) is 0 Å². The Morgan fingerprint density at radius 3 is 2.70 bits per heavy atom. The van der Waals surface area contributed by atoms with Crippen molar-refractivity contribution >= 4 is 11.6 Å². The lowest BCUT2D eigenvalue weighted by atomic mass is 10.2. The van der Waals surface area contributed by atoms with Crippen molar-refractivity contribution in [2.24, 2.45) is 0 Å². The van der Waals surface area contributed by atoms with Gasteiger partial charge in [0.05, 0.1) is 24.6 Å². The maximum atomic E-state index is 12.9. The van der Waals surface area contributed by atoms with Gasteiger partial charge in [-0.3, -0.25) is 9.59 Å². The molecule has 0 aliphatic carbocycles. The van der Waals surface area contributed by atoms with E-state index in [1.165, 1.54) is 43.8 Å². The molecule has 1 amide bonds. The number of H-pyrrole nitrogens is 1. The summed E-state index contributed by atoms with van der Waals surface area (Å²) in [6.45, 7) is 0. The van der Waals surface area contributed by atoms with E-state index in [1.807, 2.05) is 0 Å². The van der Waals surface area contributed by atoms with Crippen LogP contribution in [-0.2, 0) is 6.18 Å². The summed E-state index contributed by atoms with van der Waals surface area (Å²) in [5.41, 5.74) is -1.45. The Morgan fingerprint density at radius 1 is 1.26 bits per heavy atom. The molecule has 7 nitrogen and oxygen atoms in total. The molecule has 10 heteroatoms. The van der Waals surface area contributed by atoms with Gasteiger partial charge >= 0.3 is 6.18 Å². The normalized spacial score (nSPS) is 11.3. The lowest BCUT2D eigenvalue weighted by Crippen LogP contribution is -2.20. The van der Waals surface area contributed by atoms with Crippen molar-refractivity contribution in [3.8, 4) is 11.4 Å². The summed E-state index contributed by atoms with van der Waals surface area (Å²) in [5.74, 6) is -0.702. The van der Waals surface area contributed by atoms with E-state index in [4.69, 9.17) is 4.74 Å². The molecule has 140 valence electrons. The van der Waals surface area contributed by atoms with E-state index in [9.17, 15) is 22.8 Å². The first kappa shape index (κ1) is 18.2. The van der Waals surface area contributed by atoms with Gasteiger partial charge in [0.1, 0.15) is 5.69 Å². The third-order valence-corrected chi connectivity index (χ3v) is 3.62. The monoisotopic (exact) mass is 378 g/mol. The predicted molar refractivity (Wildman–Crippen MR) is 90.1 cm³/mol. The molecule has 27 heavy (non-hydrogen) atoms. The van der Waals surface area contributed by atoms with E-state index < -0.39 is 23.2 Å². The van der Waals surface area contributed by atoms with Gasteiger partial charge in [0.15, 0.2) is 11.4 Å². The highest BCUT2D eigenvalue weighted by atomic mass is 19.4. The van der Waals surface area contributed by atoms with Crippen molar-refractivity contribution in [2.75, 3.05) is 12.4 Å². The number of nitrogens with one attached hydrogen (secondary N) is 2. The van der Waals surface area contributed by atoms with Crippen LogP contribution in [0.2, 0.25) is 0 Å². The number of aromatic amines is 1. The highest BCUT2D eigenvalue weighted by Crippen LogP contribution is 2.30. The topological polar surface area (TPSA) is 89.0 Å². The molecule has 0 aliphatic heterocycles. The number of hydrogen-bond donors (Lipinski definition) is 2. The summed E-state index contributed by atoms with van der Waals surface area (Å²) in [6, 6.07) is 7.39. The first-order chi connectivity index (χ1) is 12.8. The third kappa shape index (κ3) is 3.84. The molecule has 0 bridgehead atoms. The number of amides is 1. The van der Waals surface area contributed by atoms with Gasteiger partial charge in [0.25, 0.3) is 11.5 Å². The first-order valence-corrected chi connectivity index (χ1v) is 7.60. The molecule has 3 rings (SSSR count). The highest BCUT2D eigenvalue weighted by molar-refractivity contribution is 6.04. The largest absolute Gasteiger partial charge is 0.493 e. The molecule has 0 spiro atoms. The van der Waals surface area contributed by atoms with Gasteiger partial charge in [-0.2, -0.15) is 18.3 Å². The summed E-state index contributed by atoms with van der Waals surface area (Å²) < 4.78 is 44.9. The average molecular weight is 378 g/mol. The molecule has 2 N–H and O–H groups in total. The molecule has 1 aromatic carbocycles. The lowest BCUT2D eigenvalue weighted by molar-refractivity contribution is -0.137. The van der Waals surface area contributed by atoms with Crippen LogP contribution in [0.15, 0.2) is 53.6 Å². The minimum Gasteiger partial charge on any atom is -0.493 e. The second-order valence-corrected chi connectivity index (χ2v) is 5.41. The molecule has 0 atom stereocenters. The minimum absolute atomic E-state index is 0.00169. The van der Waals surface area contributed by atoms with Crippen LogP contribution in [0.1, 0.15) is 16.1 Å². The van der Waals surface area contributed by atoms with Gasteiger partial charge < -0.3 is 15.0 Å². The molecule has 2 heterocycles. The zero-order chi connectivity index (χ0) is 19.6. The van der Waals surface area contributed by atoms with Crippen LogP contribution in [0.3, 0.4) is 0 Å². The number of methoxy groups -OCH3 is 1. The van der Waals surface area contributed by atoms with Crippen molar-refractivity contribution in [2.45, 2.75) is 6.18 Å². The maximum Gasteiger partial charge on any atom is 0.416 e. The summed E-state index contributed by atoms with van der Waals surface area (Å²) in [5, 5.41) is 6.38. The van der Waals surface area contributed by atoms with Crippen molar-refractivity contribution in [3.63, 3.8) is 0 Å². The van der Waals surface area contributed by atoms with Crippen molar-refractivity contribution < 1.29 is 22.7 Å². The van der Waals surface area contributed by atoms with Crippen LogP contribution in [0.5, 0.6) is 5.75 Å². The minimum atomic E-state index is -4.51. The predicted octanol–water partition coefficient (Wildman–Crippen LogP) is 2.84. The number of carbonyl (C=O) groups is 1. The van der Waals surface area contributed by atoms with Gasteiger partial charge in [-0.25, -0.2) is 4.68 Å². The second kappa shape index (κ2) is 6.98. The van der Waals surface area contributed by atoms with Crippen LogP contribution in [0.4, 0.5) is 18.9 Å². The van der Waals surface area contributed by atoms with Crippen LogP contribution in [-0.4, -0.2) is 27.8 Å². The molecule has 2 aromatic heterocycles. The number of halogens is 3. The number of alkyl halides is 3. The number of anilines is 1. The Morgan fingerprint density at radius 2 is 2.04 bits per heavy atom. The molecular formula is C17H13F3N4O3. The van der Waals surface area contributed by atoms with Gasteiger partial charge in [-0.05, 0) is 30.3 Å². The lowest BCUT2D eigenvalue weighted by Gasteiger charge is -2.08. The maximum absolute atomic E-state index is 12.9. The number of aromatic nitrogens is 3. The number of rotatable bonds is 4. The van der Waals surface area contributed by atoms with E-state index in [2.05, 4.69) is 15.4 Å². The number of carbonyl (C=O) groups excluding carboxylic acids is 1. The Bertz CT molecular complexity index is 1040. The SMILES string of the molecule is COc1cn(-c2cccc(C(F)(F)F)c2)nc1C(=O)Nc1ccc[nH]c1=O. The van der Waals surface area contributed by atoms with Gasteiger partial charge in [0, 0.05) is 6.20 Å². The molecule has 0 saturated heterocycles. The van der Waals surface area contributed by atoms with Crippen LogP contribution in [0.25, 0.3) is 5.69 Å². The Kier molecular flexibility index (Phi) is 4.72. The summed E-state index contributed by atoms with van der Waals surface area (Å²) in [7, 11) is 1.29. The van der Waals surface area contributed by atoms with Crippen LogP contribution >= 0.6 is 0 Å². The number of benzene rings is 1.